The average molecular weight is 715 g/mol. The van der Waals surface area contributed by atoms with Crippen molar-refractivity contribution in [3.8, 4) is 0 Å². The standard InChI is InChI=1S/C32H28F6N2O6S2/c1-3-45-29(41)19-39(47-27-15-9-7-13-23(27)31(33,34)35)25-17-18-26(22-12-6-5-11-21(22)25)40(20-30(42)46-4-2)48(43,44)28-16-10-8-14-24(28)32(36,37)38/h5-18H,3-4,19-20H2,1-2H3. The molecule has 0 amide bonds. The van der Waals surface area contributed by atoms with Crippen LogP contribution in [0.25, 0.3) is 10.8 Å². The third-order valence-electron chi connectivity index (χ3n) is 6.73. The van der Waals surface area contributed by atoms with Crippen LogP contribution in [0.3, 0.4) is 0 Å². The van der Waals surface area contributed by atoms with E-state index < -0.39 is 63.4 Å². The number of anilines is 2. The second kappa shape index (κ2) is 14.8. The Morgan fingerprint density at radius 1 is 0.667 bits per heavy atom. The largest absolute Gasteiger partial charge is 0.465 e. The summed E-state index contributed by atoms with van der Waals surface area (Å²) < 4.78 is 123. The lowest BCUT2D eigenvalue weighted by molar-refractivity contribution is -0.142. The summed E-state index contributed by atoms with van der Waals surface area (Å²) in [6.07, 6.45) is -9.80. The van der Waals surface area contributed by atoms with Gasteiger partial charge >= 0.3 is 24.3 Å². The Morgan fingerprint density at radius 2 is 1.15 bits per heavy atom. The summed E-state index contributed by atoms with van der Waals surface area (Å²) in [7, 11) is -5.11. The second-order valence-corrected chi connectivity index (χ2v) is 12.8. The lowest BCUT2D eigenvalue weighted by atomic mass is 10.1. The number of carbonyl (C=O) groups is 2. The number of ether oxygens (including phenoxy) is 2. The van der Waals surface area contributed by atoms with Crippen molar-refractivity contribution in [2.45, 2.75) is 36.0 Å². The molecule has 0 aliphatic carbocycles. The highest BCUT2D eigenvalue weighted by Gasteiger charge is 2.40. The molecular formula is C32H28F6N2O6S2. The number of alkyl halides is 6. The van der Waals surface area contributed by atoms with Crippen molar-refractivity contribution in [2.24, 2.45) is 0 Å². The third-order valence-corrected chi connectivity index (χ3v) is 9.65. The number of sulfonamides is 1. The molecule has 0 fully saturated rings. The molecule has 0 aliphatic heterocycles. The number of halogens is 6. The smallest absolute Gasteiger partial charge is 0.417 e. The lowest BCUT2D eigenvalue weighted by Gasteiger charge is -2.29. The van der Waals surface area contributed by atoms with Crippen LogP contribution < -0.4 is 8.61 Å². The molecule has 0 N–H and O–H groups in total. The van der Waals surface area contributed by atoms with E-state index in [1.54, 1.807) is 6.92 Å². The number of benzene rings is 4. The van der Waals surface area contributed by atoms with E-state index in [2.05, 4.69) is 0 Å². The van der Waals surface area contributed by atoms with Crippen LogP contribution in [0, 0.1) is 0 Å². The molecule has 0 aromatic heterocycles. The zero-order valence-electron chi connectivity index (χ0n) is 25.3. The summed E-state index contributed by atoms with van der Waals surface area (Å²) in [6, 6.07) is 16.6. The van der Waals surface area contributed by atoms with Gasteiger partial charge in [0.25, 0.3) is 10.0 Å². The summed E-state index contributed by atoms with van der Waals surface area (Å²) in [4.78, 5) is 24.0. The second-order valence-electron chi connectivity index (χ2n) is 9.89. The van der Waals surface area contributed by atoms with Crippen LogP contribution in [0.1, 0.15) is 25.0 Å². The van der Waals surface area contributed by atoms with Gasteiger partial charge in [-0.05, 0) is 62.2 Å². The Bertz CT molecular complexity index is 1900. The maximum atomic E-state index is 14.0. The number of esters is 2. The molecular weight excluding hydrogens is 686 g/mol. The first-order valence-corrected chi connectivity index (χ1v) is 16.4. The Hall–Kier alpha value is -4.44. The van der Waals surface area contributed by atoms with Crippen molar-refractivity contribution in [3.63, 3.8) is 0 Å². The third kappa shape index (κ3) is 8.16. The molecule has 4 aromatic rings. The van der Waals surface area contributed by atoms with E-state index in [0.717, 1.165) is 24.3 Å². The van der Waals surface area contributed by atoms with Crippen LogP contribution in [-0.2, 0) is 41.4 Å². The fourth-order valence-electron chi connectivity index (χ4n) is 4.76. The fraction of sp³-hybridized carbons (Fsp3) is 0.250. The predicted molar refractivity (Wildman–Crippen MR) is 168 cm³/mol. The maximum Gasteiger partial charge on any atom is 0.417 e. The number of hydrogen-bond donors (Lipinski definition) is 0. The van der Waals surface area contributed by atoms with Gasteiger partial charge in [-0.2, -0.15) is 26.3 Å². The van der Waals surface area contributed by atoms with Crippen LogP contribution in [-0.4, -0.2) is 46.7 Å². The zero-order chi connectivity index (χ0) is 35.3. The molecule has 48 heavy (non-hydrogen) atoms. The summed E-state index contributed by atoms with van der Waals surface area (Å²) in [5, 5.41) is 0.287. The molecule has 0 saturated heterocycles. The van der Waals surface area contributed by atoms with E-state index >= 15 is 0 Å². The molecule has 0 saturated carbocycles. The normalized spacial score (nSPS) is 12.1. The summed E-state index contributed by atoms with van der Waals surface area (Å²) in [5.41, 5.74) is -2.51. The van der Waals surface area contributed by atoms with Crippen LogP contribution >= 0.6 is 11.9 Å². The lowest BCUT2D eigenvalue weighted by Crippen LogP contribution is -2.37. The Morgan fingerprint density at radius 3 is 1.73 bits per heavy atom. The van der Waals surface area contributed by atoms with Gasteiger partial charge in [0.15, 0.2) is 0 Å². The highest BCUT2D eigenvalue weighted by molar-refractivity contribution is 8.00. The van der Waals surface area contributed by atoms with Gasteiger partial charge in [0.1, 0.15) is 13.1 Å². The zero-order valence-corrected chi connectivity index (χ0v) is 27.0. The molecule has 256 valence electrons. The molecule has 4 rings (SSSR count). The van der Waals surface area contributed by atoms with Crippen molar-refractivity contribution in [1.82, 2.24) is 0 Å². The number of hydrogen-bond acceptors (Lipinski definition) is 8. The molecule has 0 spiro atoms. The van der Waals surface area contributed by atoms with Crippen molar-refractivity contribution < 1.29 is 53.8 Å². The summed E-state index contributed by atoms with van der Waals surface area (Å²) in [5.74, 6) is -1.83. The van der Waals surface area contributed by atoms with Gasteiger partial charge in [-0.3, -0.25) is 13.9 Å². The summed E-state index contributed by atoms with van der Waals surface area (Å²) in [6.45, 7) is 1.30. The van der Waals surface area contributed by atoms with Crippen molar-refractivity contribution in [1.29, 1.82) is 0 Å². The van der Waals surface area contributed by atoms with Crippen molar-refractivity contribution in [2.75, 3.05) is 34.9 Å². The fourth-order valence-corrected chi connectivity index (χ4v) is 7.49. The van der Waals surface area contributed by atoms with Gasteiger partial charge in [-0.15, -0.1) is 0 Å². The Balaban J connectivity index is 1.94. The van der Waals surface area contributed by atoms with Crippen molar-refractivity contribution >= 4 is 56.1 Å². The van der Waals surface area contributed by atoms with Gasteiger partial charge in [0.2, 0.25) is 0 Å². The first kappa shape index (κ1) is 36.4. The molecule has 8 nitrogen and oxygen atoms in total. The van der Waals surface area contributed by atoms with Gasteiger partial charge in [0.05, 0.1) is 40.6 Å². The number of nitrogens with zero attached hydrogens (tertiary/aromatic N) is 2. The van der Waals surface area contributed by atoms with E-state index in [9.17, 15) is 44.3 Å². The first-order valence-electron chi connectivity index (χ1n) is 14.2. The van der Waals surface area contributed by atoms with Crippen LogP contribution in [0.15, 0.2) is 94.7 Å². The summed E-state index contributed by atoms with van der Waals surface area (Å²) >= 11 is 0.584. The molecule has 0 atom stereocenters. The average Bonchev–Trinajstić information content (AvgIpc) is 3.02. The van der Waals surface area contributed by atoms with Crippen LogP contribution in [0.2, 0.25) is 0 Å². The molecule has 0 aliphatic rings. The topological polar surface area (TPSA) is 93.2 Å². The van der Waals surface area contributed by atoms with E-state index in [-0.39, 0.29) is 40.3 Å². The molecule has 0 bridgehead atoms. The highest BCUT2D eigenvalue weighted by atomic mass is 32.2. The maximum absolute atomic E-state index is 14.0. The van der Waals surface area contributed by atoms with Gasteiger partial charge in [-0.1, -0.05) is 48.5 Å². The first-order chi connectivity index (χ1) is 22.6. The molecule has 0 unspecified atom stereocenters. The van der Waals surface area contributed by atoms with Gasteiger partial charge in [0, 0.05) is 15.7 Å². The molecule has 16 heteroatoms. The minimum absolute atomic E-state index is 0.0176. The molecule has 0 heterocycles. The quantitative estimate of drug-likeness (QED) is 0.0838. The van der Waals surface area contributed by atoms with Gasteiger partial charge in [-0.25, -0.2) is 8.42 Å². The minimum Gasteiger partial charge on any atom is -0.465 e. The monoisotopic (exact) mass is 714 g/mol. The van der Waals surface area contributed by atoms with Crippen LogP contribution in [0.4, 0.5) is 37.7 Å². The molecule has 4 aromatic carbocycles. The van der Waals surface area contributed by atoms with E-state index in [1.165, 1.54) is 65.8 Å². The number of fused-ring (bicyclic) bond motifs is 1. The van der Waals surface area contributed by atoms with E-state index in [4.69, 9.17) is 9.47 Å². The highest BCUT2D eigenvalue weighted by Crippen LogP contribution is 2.44. The van der Waals surface area contributed by atoms with E-state index in [0.29, 0.717) is 22.3 Å². The minimum atomic E-state index is -5.11. The number of rotatable bonds is 12. The Kier molecular flexibility index (Phi) is 11.2. The van der Waals surface area contributed by atoms with Crippen molar-refractivity contribution in [3.05, 3.63) is 96.1 Å². The van der Waals surface area contributed by atoms with Gasteiger partial charge < -0.3 is 13.8 Å². The predicted octanol–water partition coefficient (Wildman–Crippen LogP) is 7.71. The van der Waals surface area contributed by atoms with E-state index in [1.807, 2.05) is 0 Å². The number of carbonyl (C=O) groups excluding carboxylic acids is 2. The Labute approximate surface area is 276 Å². The van der Waals surface area contributed by atoms with Crippen LogP contribution in [0.5, 0.6) is 0 Å². The SMILES string of the molecule is CCOC(=O)CN(Sc1ccccc1C(F)(F)F)c1ccc(N(CC(=O)OCC)S(=O)(=O)c2ccccc2C(F)(F)F)c2ccccc12. The molecule has 0 radical (unpaired) electrons.